The van der Waals surface area contributed by atoms with Crippen LogP contribution in [0.5, 0.6) is 0 Å². The maximum atomic E-state index is 10.9. The Balaban J connectivity index is 0.00000441. The van der Waals surface area contributed by atoms with Crippen LogP contribution in [-0.4, -0.2) is 42.5 Å². The van der Waals surface area contributed by atoms with Gasteiger partial charge >= 0.3 is 39.7 Å². The first-order valence-corrected chi connectivity index (χ1v) is 9.54. The summed E-state index contributed by atoms with van der Waals surface area (Å²) in [6.45, 7) is 2.23. The quantitative estimate of drug-likeness (QED) is 0.349. The summed E-state index contributed by atoms with van der Waals surface area (Å²) >= 11 is 0. The van der Waals surface area contributed by atoms with Crippen molar-refractivity contribution in [3.63, 3.8) is 0 Å². The Morgan fingerprint density at radius 3 is 1.86 bits per heavy atom. The monoisotopic (exact) mass is 340 g/mol. The van der Waals surface area contributed by atoms with Crippen molar-refractivity contribution in [3.8, 4) is 0 Å². The van der Waals surface area contributed by atoms with Gasteiger partial charge in [-0.15, -0.1) is 0 Å². The number of aryl methyl sites for hydroxylation is 1. The molecule has 1 heterocycles. The summed E-state index contributed by atoms with van der Waals surface area (Å²) in [5.74, 6) is 0.627. The number of rotatable bonds is 12. The van der Waals surface area contributed by atoms with Gasteiger partial charge in [0.05, 0.1) is 0 Å². The fourth-order valence-corrected chi connectivity index (χ4v) is 2.87. The average Bonchev–Trinajstić information content (AvgIpc) is 2.90. The van der Waals surface area contributed by atoms with Gasteiger partial charge in [-0.05, 0) is 18.6 Å². The maximum absolute atomic E-state index is 10.9. The van der Waals surface area contributed by atoms with E-state index in [-0.39, 0.29) is 34.6 Å². The van der Waals surface area contributed by atoms with Crippen LogP contribution in [-0.2, 0) is 16.5 Å². The molecule has 0 aliphatic rings. The fraction of sp³-hybridized carbons (Fsp3) is 0.750. The molecule has 0 atom stereocenters. The predicted molar refractivity (Wildman–Crippen MR) is 91.2 cm³/mol. The molecular weight excluding hydrogens is 311 g/mol. The van der Waals surface area contributed by atoms with Crippen LogP contribution in [0.15, 0.2) is 21.6 Å². The molecule has 0 fully saturated rings. The molecule has 0 aliphatic carbocycles. The Kier molecular flexibility index (Phi) is 12.7. The van der Waals surface area contributed by atoms with Crippen molar-refractivity contribution in [3.05, 3.63) is 17.9 Å². The van der Waals surface area contributed by atoms with Crippen LogP contribution in [0.2, 0.25) is 0 Å². The van der Waals surface area contributed by atoms with Gasteiger partial charge in [0, 0.05) is 6.42 Å². The molecule has 4 nitrogen and oxygen atoms in total. The first kappa shape index (κ1) is 22.2. The Bertz CT molecular complexity index is 482. The van der Waals surface area contributed by atoms with E-state index in [2.05, 4.69) is 6.92 Å². The second-order valence-corrected chi connectivity index (χ2v) is 6.98. The van der Waals surface area contributed by atoms with Crippen molar-refractivity contribution in [1.29, 1.82) is 0 Å². The molecule has 0 aliphatic heterocycles. The summed E-state index contributed by atoms with van der Waals surface area (Å²) < 4.78 is 35.6. The molecule has 0 radical (unpaired) electrons. The summed E-state index contributed by atoms with van der Waals surface area (Å²) in [5, 5.41) is -0.357. The third-order valence-corrected chi connectivity index (χ3v) is 4.40. The van der Waals surface area contributed by atoms with Gasteiger partial charge in [-0.25, -0.2) is 0 Å². The van der Waals surface area contributed by atoms with E-state index in [4.69, 9.17) is 8.97 Å². The molecule has 0 saturated heterocycles. The second kappa shape index (κ2) is 12.6. The van der Waals surface area contributed by atoms with E-state index >= 15 is 0 Å². The van der Waals surface area contributed by atoms with E-state index in [0.29, 0.717) is 5.76 Å². The molecule has 0 aromatic carbocycles. The second-order valence-electron chi connectivity index (χ2n) is 5.63. The van der Waals surface area contributed by atoms with Crippen LogP contribution in [0.1, 0.15) is 76.9 Å². The third-order valence-electron chi connectivity index (χ3n) is 3.67. The van der Waals surface area contributed by atoms with Gasteiger partial charge in [0.1, 0.15) is 5.76 Å². The van der Waals surface area contributed by atoms with Gasteiger partial charge in [0.2, 0.25) is 5.09 Å². The van der Waals surface area contributed by atoms with E-state index in [1.54, 1.807) is 6.07 Å². The van der Waals surface area contributed by atoms with Gasteiger partial charge in [0.15, 0.2) is 0 Å². The van der Waals surface area contributed by atoms with Crippen LogP contribution in [0.3, 0.4) is 0 Å². The molecule has 1 aromatic heterocycles. The Hall–Kier alpha value is 0.190. The van der Waals surface area contributed by atoms with E-state index in [0.717, 1.165) is 19.3 Å². The first-order chi connectivity index (χ1) is 10.0. The molecule has 0 spiro atoms. The van der Waals surface area contributed by atoms with Gasteiger partial charge in [-0.2, -0.15) is 8.42 Å². The van der Waals surface area contributed by atoms with Crippen molar-refractivity contribution in [2.24, 2.45) is 0 Å². The summed E-state index contributed by atoms with van der Waals surface area (Å²) in [4.78, 5) is 0. The zero-order chi connectivity index (χ0) is 15.6. The minimum atomic E-state index is -4.20. The summed E-state index contributed by atoms with van der Waals surface area (Å²) in [6.07, 6.45) is 13.4. The number of hydrogen-bond acceptors (Lipinski definition) is 3. The fourth-order valence-electron chi connectivity index (χ4n) is 2.42. The Labute approximate surface area is 157 Å². The molecule has 0 unspecified atom stereocenters. The number of hydrogen-bond donors (Lipinski definition) is 1. The van der Waals surface area contributed by atoms with E-state index < -0.39 is 10.1 Å². The van der Waals surface area contributed by atoms with Crippen LogP contribution < -0.4 is 0 Å². The molecule has 124 valence electrons. The van der Waals surface area contributed by atoms with Crippen molar-refractivity contribution in [2.75, 3.05) is 0 Å². The third kappa shape index (κ3) is 10.1. The Morgan fingerprint density at radius 2 is 1.41 bits per heavy atom. The van der Waals surface area contributed by atoms with Crippen LogP contribution in [0.25, 0.3) is 0 Å². The molecule has 6 heteroatoms. The zero-order valence-electron chi connectivity index (χ0n) is 13.0. The van der Waals surface area contributed by atoms with Crippen LogP contribution >= 0.6 is 0 Å². The van der Waals surface area contributed by atoms with Crippen LogP contribution in [0.4, 0.5) is 0 Å². The topological polar surface area (TPSA) is 67.5 Å². The van der Waals surface area contributed by atoms with Crippen LogP contribution in [0, 0.1) is 0 Å². The van der Waals surface area contributed by atoms with Crippen molar-refractivity contribution in [2.45, 2.75) is 82.6 Å². The molecule has 1 rings (SSSR count). The molecule has 0 saturated carbocycles. The normalized spacial score (nSPS) is 11.4. The minimum absolute atomic E-state index is 0. The van der Waals surface area contributed by atoms with Gasteiger partial charge in [-0.3, -0.25) is 4.55 Å². The molecule has 0 amide bonds. The first-order valence-electron chi connectivity index (χ1n) is 8.10. The molecular formula is C16H29NaO4S. The van der Waals surface area contributed by atoms with Gasteiger partial charge in [0.25, 0.3) is 0 Å². The van der Waals surface area contributed by atoms with Gasteiger partial charge in [-0.1, -0.05) is 64.7 Å². The van der Waals surface area contributed by atoms with Gasteiger partial charge < -0.3 is 4.42 Å². The molecule has 22 heavy (non-hydrogen) atoms. The van der Waals surface area contributed by atoms with Crippen molar-refractivity contribution in [1.82, 2.24) is 0 Å². The summed E-state index contributed by atoms with van der Waals surface area (Å²) in [7, 11) is -4.20. The summed E-state index contributed by atoms with van der Waals surface area (Å²) in [5.41, 5.74) is 0. The Morgan fingerprint density at radius 1 is 0.909 bits per heavy atom. The SMILES string of the molecule is CCCCCCCCCCCCc1ccc(S(=O)(=O)O)o1.[NaH]. The van der Waals surface area contributed by atoms with Crippen molar-refractivity contribution >= 4 is 39.7 Å². The average molecular weight is 340 g/mol. The summed E-state index contributed by atoms with van der Waals surface area (Å²) in [6, 6.07) is 2.93. The molecule has 0 bridgehead atoms. The number of unbranched alkanes of at least 4 members (excludes halogenated alkanes) is 9. The van der Waals surface area contributed by atoms with Crippen molar-refractivity contribution < 1.29 is 17.4 Å². The molecule has 1 N–H and O–H groups in total. The van der Waals surface area contributed by atoms with E-state index in [9.17, 15) is 8.42 Å². The van der Waals surface area contributed by atoms with E-state index in [1.807, 2.05) is 0 Å². The standard InChI is InChI=1S/C16H28O4S.Na.H/c1-2-3-4-5-6-7-8-9-10-11-12-15-13-14-16(20-15)21(17,18)19;;/h13-14H,2-12H2,1H3,(H,17,18,19);;. The zero-order valence-corrected chi connectivity index (χ0v) is 13.8. The molecule has 1 aromatic rings. The predicted octanol–water partition coefficient (Wildman–Crippen LogP) is 4.34. The van der Waals surface area contributed by atoms with E-state index in [1.165, 1.54) is 57.4 Å². The number of furan rings is 1.